The van der Waals surface area contributed by atoms with Gasteiger partial charge in [0, 0.05) is 13.1 Å². The fraction of sp³-hybridized carbons (Fsp3) is 0.500. The first-order valence-corrected chi connectivity index (χ1v) is 8.80. The first-order chi connectivity index (χ1) is 9.01. The van der Waals surface area contributed by atoms with E-state index in [9.17, 15) is 12.8 Å². The number of benzene rings is 1. The van der Waals surface area contributed by atoms with Crippen LogP contribution in [0.5, 0.6) is 0 Å². The molecular weight excluding hydrogens is 287 g/mol. The third-order valence-corrected chi connectivity index (χ3v) is 4.74. The number of thioether (sulfide) groups is 1. The van der Waals surface area contributed by atoms with E-state index in [1.807, 2.05) is 6.26 Å². The lowest BCUT2D eigenvalue weighted by atomic mass is 10.2. The smallest absolute Gasteiger partial charge is 0.240 e. The molecule has 0 fully saturated rings. The predicted molar refractivity (Wildman–Crippen MR) is 77.4 cm³/mol. The number of halogens is 1. The summed E-state index contributed by atoms with van der Waals surface area (Å²) in [5.41, 5.74) is 0.557. The maximum absolute atomic E-state index is 13.2. The van der Waals surface area contributed by atoms with Crippen molar-refractivity contribution in [3.05, 3.63) is 29.6 Å². The summed E-state index contributed by atoms with van der Waals surface area (Å²) in [7, 11) is -1.94. The standard InChI is InChI=1S/C12H19FN2O2S2/c1-14-9-10-4-5-11(13)8-12(10)19(16,17)15-6-3-7-18-2/h4-5,8,14-15H,3,6-7,9H2,1-2H3. The summed E-state index contributed by atoms with van der Waals surface area (Å²) >= 11 is 1.66. The maximum Gasteiger partial charge on any atom is 0.240 e. The molecule has 0 atom stereocenters. The normalized spacial score (nSPS) is 11.7. The van der Waals surface area contributed by atoms with Gasteiger partial charge in [0.15, 0.2) is 0 Å². The summed E-state index contributed by atoms with van der Waals surface area (Å²) in [5.74, 6) is 0.332. The molecule has 0 saturated carbocycles. The van der Waals surface area contributed by atoms with Gasteiger partial charge in [-0.15, -0.1) is 0 Å². The fourth-order valence-corrected chi connectivity index (χ4v) is 3.37. The van der Waals surface area contributed by atoms with Crippen molar-refractivity contribution in [2.24, 2.45) is 0 Å². The van der Waals surface area contributed by atoms with Crippen molar-refractivity contribution in [1.29, 1.82) is 0 Å². The minimum atomic E-state index is -3.66. The molecule has 0 saturated heterocycles. The van der Waals surface area contributed by atoms with Crippen LogP contribution in [-0.2, 0) is 16.6 Å². The van der Waals surface area contributed by atoms with E-state index >= 15 is 0 Å². The Morgan fingerprint density at radius 3 is 2.74 bits per heavy atom. The van der Waals surface area contributed by atoms with Crippen LogP contribution in [0.4, 0.5) is 4.39 Å². The summed E-state index contributed by atoms with van der Waals surface area (Å²) < 4.78 is 40.0. The van der Waals surface area contributed by atoms with Crippen LogP contribution in [0.1, 0.15) is 12.0 Å². The Morgan fingerprint density at radius 1 is 1.37 bits per heavy atom. The molecule has 1 rings (SSSR count). The summed E-state index contributed by atoms with van der Waals surface area (Å²) in [6.07, 6.45) is 2.71. The molecule has 108 valence electrons. The Kier molecular flexibility index (Phi) is 6.78. The lowest BCUT2D eigenvalue weighted by molar-refractivity contribution is 0.574. The van der Waals surface area contributed by atoms with Gasteiger partial charge in [0.25, 0.3) is 0 Å². The van der Waals surface area contributed by atoms with Crippen molar-refractivity contribution in [2.45, 2.75) is 17.9 Å². The van der Waals surface area contributed by atoms with E-state index in [0.29, 0.717) is 18.7 Å². The highest BCUT2D eigenvalue weighted by atomic mass is 32.2. The van der Waals surface area contributed by atoms with Crippen LogP contribution in [0.15, 0.2) is 23.1 Å². The number of rotatable bonds is 8. The second-order valence-corrected chi connectivity index (χ2v) is 6.75. The van der Waals surface area contributed by atoms with Gasteiger partial charge in [0.05, 0.1) is 4.90 Å². The van der Waals surface area contributed by atoms with E-state index in [2.05, 4.69) is 10.0 Å². The number of sulfonamides is 1. The van der Waals surface area contributed by atoms with E-state index in [0.717, 1.165) is 18.2 Å². The molecule has 1 aromatic carbocycles. The van der Waals surface area contributed by atoms with Crippen molar-refractivity contribution >= 4 is 21.8 Å². The molecule has 0 aliphatic carbocycles. The van der Waals surface area contributed by atoms with Crippen LogP contribution < -0.4 is 10.0 Å². The molecule has 0 aliphatic rings. The molecule has 4 nitrogen and oxygen atoms in total. The number of hydrogen-bond donors (Lipinski definition) is 2. The van der Waals surface area contributed by atoms with E-state index < -0.39 is 15.8 Å². The third-order valence-electron chi connectivity index (χ3n) is 2.50. The zero-order chi connectivity index (χ0) is 14.3. The van der Waals surface area contributed by atoms with Gasteiger partial charge in [-0.1, -0.05) is 6.07 Å². The molecule has 0 spiro atoms. The molecule has 0 radical (unpaired) electrons. The molecule has 2 N–H and O–H groups in total. The Morgan fingerprint density at radius 2 is 2.11 bits per heavy atom. The minimum absolute atomic E-state index is 0.00556. The molecule has 0 bridgehead atoms. The van der Waals surface area contributed by atoms with Gasteiger partial charge in [0.1, 0.15) is 5.82 Å². The molecule has 1 aromatic rings. The van der Waals surface area contributed by atoms with E-state index in [-0.39, 0.29) is 4.90 Å². The summed E-state index contributed by atoms with van der Waals surface area (Å²) in [6.45, 7) is 0.736. The van der Waals surface area contributed by atoms with Gasteiger partial charge in [-0.25, -0.2) is 17.5 Å². The van der Waals surface area contributed by atoms with Crippen LogP contribution in [-0.4, -0.2) is 34.0 Å². The van der Waals surface area contributed by atoms with Crippen LogP contribution >= 0.6 is 11.8 Å². The molecule has 0 aliphatic heterocycles. The van der Waals surface area contributed by atoms with Crippen LogP contribution in [0.25, 0.3) is 0 Å². The van der Waals surface area contributed by atoms with Crippen molar-refractivity contribution in [2.75, 3.05) is 25.6 Å². The Labute approximate surface area is 118 Å². The summed E-state index contributed by atoms with van der Waals surface area (Å²) in [4.78, 5) is 0.00556. The Balaban J connectivity index is 2.89. The third kappa shape index (κ3) is 5.10. The maximum atomic E-state index is 13.2. The first-order valence-electron chi connectivity index (χ1n) is 5.93. The highest BCUT2D eigenvalue weighted by molar-refractivity contribution is 7.98. The molecule has 0 aromatic heterocycles. The van der Waals surface area contributed by atoms with Crippen LogP contribution in [0, 0.1) is 5.82 Å². The monoisotopic (exact) mass is 306 g/mol. The second kappa shape index (κ2) is 7.84. The van der Waals surface area contributed by atoms with E-state index in [4.69, 9.17) is 0 Å². The zero-order valence-corrected chi connectivity index (χ0v) is 12.7. The van der Waals surface area contributed by atoms with Crippen molar-refractivity contribution < 1.29 is 12.8 Å². The quantitative estimate of drug-likeness (QED) is 0.716. The average molecular weight is 306 g/mol. The number of nitrogens with one attached hydrogen (secondary N) is 2. The van der Waals surface area contributed by atoms with Gasteiger partial charge in [-0.3, -0.25) is 0 Å². The van der Waals surface area contributed by atoms with Gasteiger partial charge >= 0.3 is 0 Å². The molecule has 0 heterocycles. The molecular formula is C12H19FN2O2S2. The Hall–Kier alpha value is -0.630. The highest BCUT2D eigenvalue weighted by Crippen LogP contribution is 2.17. The summed E-state index contributed by atoms with van der Waals surface area (Å²) in [5, 5.41) is 2.87. The predicted octanol–water partition coefficient (Wildman–Crippen LogP) is 1.58. The molecule has 0 amide bonds. The molecule has 19 heavy (non-hydrogen) atoms. The molecule has 0 unspecified atom stereocenters. The van der Waals surface area contributed by atoms with Crippen LogP contribution in [0.2, 0.25) is 0 Å². The minimum Gasteiger partial charge on any atom is -0.316 e. The lowest BCUT2D eigenvalue weighted by Gasteiger charge is -2.11. The molecule has 7 heteroatoms. The lowest BCUT2D eigenvalue weighted by Crippen LogP contribution is -2.27. The fourth-order valence-electron chi connectivity index (χ4n) is 1.62. The van der Waals surface area contributed by atoms with Gasteiger partial charge < -0.3 is 5.32 Å². The average Bonchev–Trinajstić information content (AvgIpc) is 2.37. The van der Waals surface area contributed by atoms with Gasteiger partial charge in [-0.2, -0.15) is 11.8 Å². The van der Waals surface area contributed by atoms with Crippen LogP contribution in [0.3, 0.4) is 0 Å². The van der Waals surface area contributed by atoms with Gasteiger partial charge in [-0.05, 0) is 43.2 Å². The van der Waals surface area contributed by atoms with Crippen molar-refractivity contribution in [3.63, 3.8) is 0 Å². The van der Waals surface area contributed by atoms with Gasteiger partial charge in [0.2, 0.25) is 10.0 Å². The Bertz CT molecular complexity index is 506. The largest absolute Gasteiger partial charge is 0.316 e. The summed E-state index contributed by atoms with van der Waals surface area (Å²) in [6, 6.07) is 3.81. The van der Waals surface area contributed by atoms with E-state index in [1.165, 1.54) is 12.1 Å². The second-order valence-electron chi connectivity index (χ2n) is 4.03. The topological polar surface area (TPSA) is 58.2 Å². The van der Waals surface area contributed by atoms with Crippen molar-refractivity contribution in [1.82, 2.24) is 10.0 Å². The van der Waals surface area contributed by atoms with Crippen molar-refractivity contribution in [3.8, 4) is 0 Å². The van der Waals surface area contributed by atoms with E-state index in [1.54, 1.807) is 18.8 Å². The first kappa shape index (κ1) is 16.4. The number of hydrogen-bond acceptors (Lipinski definition) is 4. The SMILES string of the molecule is CNCc1ccc(F)cc1S(=O)(=O)NCCCSC. The highest BCUT2D eigenvalue weighted by Gasteiger charge is 2.18. The zero-order valence-electron chi connectivity index (χ0n) is 11.1.